The number of Topliss-reactive ketones (excluding diaryl/α,β-unsaturated/α-hetero) is 1. The van der Waals surface area contributed by atoms with Crippen molar-refractivity contribution in [2.24, 2.45) is 5.92 Å². The third-order valence-electron chi connectivity index (χ3n) is 6.34. The Morgan fingerprint density at radius 2 is 1.67 bits per heavy atom. The van der Waals surface area contributed by atoms with Crippen LogP contribution >= 0.6 is 0 Å². The van der Waals surface area contributed by atoms with Gasteiger partial charge in [0.15, 0.2) is 5.78 Å². The number of carbonyl (C=O) groups is 4. The molecule has 1 amide bonds. The molecule has 9 heteroatoms. The number of ketones is 1. The molecule has 0 aromatic heterocycles. The van der Waals surface area contributed by atoms with Crippen LogP contribution in [0, 0.1) is 5.92 Å². The Morgan fingerprint density at radius 3 is 2.42 bits per heavy atom. The average molecular weight is 466 g/mol. The smallest absolute Gasteiger partial charge is 0.431 e. The van der Waals surface area contributed by atoms with Gasteiger partial charge in [0.25, 0.3) is 0 Å². The van der Waals surface area contributed by atoms with Crippen molar-refractivity contribution in [1.29, 1.82) is 0 Å². The monoisotopic (exact) mass is 465 g/mol. The fourth-order valence-corrected chi connectivity index (χ4v) is 4.39. The van der Waals surface area contributed by atoms with E-state index in [0.29, 0.717) is 70.2 Å². The van der Waals surface area contributed by atoms with Crippen LogP contribution in [-0.2, 0) is 33.3 Å². The summed E-state index contributed by atoms with van der Waals surface area (Å²) in [5, 5.41) is 0. The summed E-state index contributed by atoms with van der Waals surface area (Å²) >= 11 is 0. The molecule has 0 spiro atoms. The van der Waals surface area contributed by atoms with Crippen molar-refractivity contribution >= 4 is 23.8 Å². The molecule has 0 aromatic carbocycles. The molecule has 2 fully saturated rings. The Kier molecular flexibility index (Phi) is 10.2. The van der Waals surface area contributed by atoms with E-state index in [9.17, 15) is 19.2 Å². The van der Waals surface area contributed by atoms with E-state index in [0.717, 1.165) is 32.4 Å². The molecule has 33 heavy (non-hydrogen) atoms. The van der Waals surface area contributed by atoms with E-state index in [-0.39, 0.29) is 17.8 Å². The summed E-state index contributed by atoms with van der Waals surface area (Å²) in [5.74, 6) is -0.837. The number of carbonyl (C=O) groups excluding carboxylic acids is 4. The lowest BCUT2D eigenvalue weighted by Crippen LogP contribution is -2.27. The highest BCUT2D eigenvalue weighted by Crippen LogP contribution is 2.26. The predicted molar refractivity (Wildman–Crippen MR) is 117 cm³/mol. The van der Waals surface area contributed by atoms with Crippen LogP contribution in [0.4, 0.5) is 4.79 Å². The molecule has 0 aromatic rings. The van der Waals surface area contributed by atoms with Crippen molar-refractivity contribution in [2.45, 2.75) is 76.7 Å². The zero-order valence-electron chi connectivity index (χ0n) is 19.3. The molecule has 2 saturated heterocycles. The first-order chi connectivity index (χ1) is 16.0. The third-order valence-corrected chi connectivity index (χ3v) is 6.34. The number of allylic oxidation sites excluding steroid dienone is 1. The van der Waals surface area contributed by atoms with Gasteiger partial charge in [-0.2, -0.15) is 0 Å². The van der Waals surface area contributed by atoms with Gasteiger partial charge in [-0.05, 0) is 50.5 Å². The quantitative estimate of drug-likeness (QED) is 0.275. The van der Waals surface area contributed by atoms with Crippen LogP contribution in [-0.4, -0.2) is 67.9 Å². The van der Waals surface area contributed by atoms with Gasteiger partial charge in [0.1, 0.15) is 6.10 Å². The Bertz CT molecular complexity index is 722. The number of hydrogen-bond acceptors (Lipinski definition) is 8. The summed E-state index contributed by atoms with van der Waals surface area (Å²) < 4.78 is 20.2. The van der Waals surface area contributed by atoms with Gasteiger partial charge in [0, 0.05) is 38.8 Å². The van der Waals surface area contributed by atoms with Crippen LogP contribution in [0.15, 0.2) is 11.6 Å². The van der Waals surface area contributed by atoms with Crippen molar-refractivity contribution in [2.75, 3.05) is 33.1 Å². The molecule has 1 aliphatic carbocycles. The van der Waals surface area contributed by atoms with Gasteiger partial charge >= 0.3 is 12.1 Å². The normalized spacial score (nSPS) is 21.3. The number of rotatable bonds is 10. The molecular weight excluding hydrogens is 430 g/mol. The first-order valence-corrected chi connectivity index (χ1v) is 12.1. The lowest BCUT2D eigenvalue weighted by molar-refractivity contribution is -0.157. The van der Waals surface area contributed by atoms with E-state index >= 15 is 0 Å². The summed E-state index contributed by atoms with van der Waals surface area (Å²) in [5.41, 5.74) is 0.647. The summed E-state index contributed by atoms with van der Waals surface area (Å²) in [6.45, 7) is 2.27. The SMILES string of the molecule is O=C(OCOC(=O)[C@@H]1C=C(C(=O)CCCCC(=O)N2CCCC2)CCC1)OC1CCOCC1. The minimum atomic E-state index is -0.868. The summed E-state index contributed by atoms with van der Waals surface area (Å²) in [7, 11) is 0. The molecule has 0 unspecified atom stereocenters. The van der Waals surface area contributed by atoms with Gasteiger partial charge < -0.3 is 23.8 Å². The second-order valence-corrected chi connectivity index (χ2v) is 8.81. The standard InChI is InChI=1S/C24H35NO8/c26-21(8-1-2-9-22(27)25-12-3-4-13-25)18-6-5-7-19(16-18)23(28)31-17-32-24(29)33-20-10-14-30-15-11-20/h16,19-20H,1-15,17H2/t19-/m0/s1. The highest BCUT2D eigenvalue weighted by Gasteiger charge is 2.25. The largest absolute Gasteiger partial charge is 0.511 e. The topological polar surface area (TPSA) is 108 Å². The number of hydrogen-bond donors (Lipinski definition) is 0. The summed E-state index contributed by atoms with van der Waals surface area (Å²) in [6, 6.07) is 0. The molecule has 2 heterocycles. The van der Waals surface area contributed by atoms with E-state index < -0.39 is 24.8 Å². The molecule has 184 valence electrons. The van der Waals surface area contributed by atoms with E-state index in [1.807, 2.05) is 4.90 Å². The van der Waals surface area contributed by atoms with E-state index in [2.05, 4.69) is 0 Å². The molecule has 1 atom stereocenters. The second-order valence-electron chi connectivity index (χ2n) is 8.81. The lowest BCUT2D eigenvalue weighted by atomic mass is 9.87. The first kappa shape index (κ1) is 25.2. The molecular formula is C24H35NO8. The Hall–Kier alpha value is -2.42. The van der Waals surface area contributed by atoms with Crippen molar-refractivity contribution in [3.8, 4) is 0 Å². The molecule has 3 rings (SSSR count). The number of ether oxygens (including phenoxy) is 4. The third kappa shape index (κ3) is 8.46. The number of likely N-dealkylation sites (tertiary alicyclic amines) is 1. The maximum absolute atomic E-state index is 12.5. The minimum Gasteiger partial charge on any atom is -0.431 e. The van der Waals surface area contributed by atoms with Gasteiger partial charge in [0.2, 0.25) is 12.7 Å². The number of esters is 1. The Morgan fingerprint density at radius 1 is 0.939 bits per heavy atom. The number of nitrogens with zero attached hydrogens (tertiary/aromatic N) is 1. The Labute approximate surface area is 194 Å². The van der Waals surface area contributed by atoms with Crippen LogP contribution in [0.5, 0.6) is 0 Å². The molecule has 9 nitrogen and oxygen atoms in total. The van der Waals surface area contributed by atoms with Gasteiger partial charge in [-0.1, -0.05) is 6.08 Å². The minimum absolute atomic E-state index is 0.0254. The van der Waals surface area contributed by atoms with Crippen LogP contribution in [0.25, 0.3) is 0 Å². The van der Waals surface area contributed by atoms with Crippen molar-refractivity contribution < 1.29 is 38.1 Å². The van der Waals surface area contributed by atoms with Gasteiger partial charge in [-0.15, -0.1) is 0 Å². The van der Waals surface area contributed by atoms with Crippen molar-refractivity contribution in [1.82, 2.24) is 4.90 Å². The fraction of sp³-hybridized carbons (Fsp3) is 0.750. The second kappa shape index (κ2) is 13.3. The van der Waals surface area contributed by atoms with Crippen LogP contribution in [0.2, 0.25) is 0 Å². The summed E-state index contributed by atoms with van der Waals surface area (Å²) in [4.78, 5) is 50.5. The van der Waals surface area contributed by atoms with Gasteiger partial charge in [-0.25, -0.2) is 4.79 Å². The van der Waals surface area contributed by atoms with Crippen molar-refractivity contribution in [3.63, 3.8) is 0 Å². The maximum atomic E-state index is 12.5. The molecule has 0 saturated carbocycles. The summed E-state index contributed by atoms with van der Waals surface area (Å²) in [6.07, 6.45) is 8.14. The molecule has 3 aliphatic rings. The first-order valence-electron chi connectivity index (χ1n) is 12.1. The van der Waals surface area contributed by atoms with Crippen LogP contribution in [0.1, 0.15) is 70.6 Å². The highest BCUT2D eigenvalue weighted by atomic mass is 16.8. The molecule has 2 aliphatic heterocycles. The molecule has 0 N–H and O–H groups in total. The molecule has 0 radical (unpaired) electrons. The van der Waals surface area contributed by atoms with Crippen LogP contribution < -0.4 is 0 Å². The van der Waals surface area contributed by atoms with E-state index in [4.69, 9.17) is 18.9 Å². The van der Waals surface area contributed by atoms with Gasteiger partial charge in [-0.3, -0.25) is 14.4 Å². The van der Waals surface area contributed by atoms with Gasteiger partial charge in [0.05, 0.1) is 19.1 Å². The van der Waals surface area contributed by atoms with Crippen LogP contribution in [0.3, 0.4) is 0 Å². The fourth-order valence-electron chi connectivity index (χ4n) is 4.39. The van der Waals surface area contributed by atoms with E-state index in [1.165, 1.54) is 0 Å². The number of unbranched alkanes of at least 4 members (excludes halogenated alkanes) is 1. The lowest BCUT2D eigenvalue weighted by Gasteiger charge is -2.22. The van der Waals surface area contributed by atoms with Crippen molar-refractivity contribution in [3.05, 3.63) is 11.6 Å². The average Bonchev–Trinajstić information content (AvgIpc) is 3.37. The zero-order valence-corrected chi connectivity index (χ0v) is 19.3. The zero-order chi connectivity index (χ0) is 23.5. The maximum Gasteiger partial charge on any atom is 0.511 e. The Balaban J connectivity index is 1.32. The predicted octanol–water partition coefficient (Wildman–Crippen LogP) is 3.30. The highest BCUT2D eigenvalue weighted by molar-refractivity contribution is 5.96. The van der Waals surface area contributed by atoms with E-state index in [1.54, 1.807) is 6.08 Å². The number of amides is 1. The molecule has 0 bridgehead atoms.